The van der Waals surface area contributed by atoms with Gasteiger partial charge in [0.05, 0.1) is 10.6 Å². The average Bonchev–Trinajstić information content (AvgIpc) is 2.88. The van der Waals surface area contributed by atoms with E-state index in [9.17, 15) is 9.59 Å². The van der Waals surface area contributed by atoms with Gasteiger partial charge in [0.2, 0.25) is 0 Å². The number of carboxylic acid groups (broad SMARTS) is 1. The molecule has 0 spiro atoms. The number of hydrogen-bond acceptors (Lipinski definition) is 4. The van der Waals surface area contributed by atoms with Crippen LogP contribution >= 0.6 is 23.1 Å². The van der Waals surface area contributed by atoms with Crippen molar-refractivity contribution in [1.82, 2.24) is 0 Å². The van der Waals surface area contributed by atoms with E-state index >= 15 is 0 Å². The first-order valence-electron chi connectivity index (χ1n) is 7.28. The van der Waals surface area contributed by atoms with E-state index in [1.807, 2.05) is 37.3 Å². The third kappa shape index (κ3) is 5.11. The number of benzene rings is 1. The zero-order chi connectivity index (χ0) is 16.8. The first kappa shape index (κ1) is 17.6. The van der Waals surface area contributed by atoms with Crippen molar-refractivity contribution in [3.63, 3.8) is 0 Å². The van der Waals surface area contributed by atoms with Crippen LogP contribution in [0.3, 0.4) is 0 Å². The maximum Gasteiger partial charge on any atom is 0.313 e. The van der Waals surface area contributed by atoms with Crippen molar-refractivity contribution >= 4 is 40.7 Å². The van der Waals surface area contributed by atoms with Crippen LogP contribution in [0.1, 0.15) is 32.6 Å². The predicted octanol–water partition coefficient (Wildman–Crippen LogP) is 4.19. The highest BCUT2D eigenvalue weighted by Gasteiger charge is 2.12. The second-order valence-electron chi connectivity index (χ2n) is 5.11. The molecule has 0 saturated carbocycles. The molecule has 0 atom stereocenters. The Morgan fingerprint density at radius 3 is 2.74 bits per heavy atom. The SMILES string of the molecule is CCc1sc(C(=O)Nc2cccc(CSCC(=O)O)c2)cc1C. The lowest BCUT2D eigenvalue weighted by molar-refractivity contribution is -0.133. The molecule has 4 nitrogen and oxygen atoms in total. The molecule has 0 radical (unpaired) electrons. The van der Waals surface area contributed by atoms with E-state index in [-0.39, 0.29) is 11.7 Å². The van der Waals surface area contributed by atoms with Crippen molar-refractivity contribution in [3.05, 3.63) is 51.2 Å². The number of carbonyl (C=O) groups excluding carboxylic acids is 1. The minimum atomic E-state index is -0.820. The fourth-order valence-corrected chi connectivity index (χ4v) is 3.87. The predicted molar refractivity (Wildman–Crippen MR) is 96.6 cm³/mol. The van der Waals surface area contributed by atoms with Crippen molar-refractivity contribution < 1.29 is 14.7 Å². The number of amides is 1. The molecule has 0 aliphatic rings. The Hall–Kier alpha value is -1.79. The van der Waals surface area contributed by atoms with Crippen LogP contribution in [0.2, 0.25) is 0 Å². The first-order valence-corrected chi connectivity index (χ1v) is 9.26. The molecule has 2 aromatic rings. The van der Waals surface area contributed by atoms with Gasteiger partial charge in [0.15, 0.2) is 0 Å². The summed E-state index contributed by atoms with van der Waals surface area (Å²) in [5.74, 6) is -0.244. The standard InChI is InChI=1S/C17H19NO3S2/c1-3-14-11(2)7-15(23-14)17(21)18-13-6-4-5-12(8-13)9-22-10-16(19)20/h4-8H,3,9-10H2,1-2H3,(H,18,21)(H,19,20). The zero-order valence-corrected chi connectivity index (χ0v) is 14.7. The molecule has 1 amide bonds. The highest BCUT2D eigenvalue weighted by molar-refractivity contribution is 7.99. The van der Waals surface area contributed by atoms with E-state index in [1.165, 1.54) is 28.0 Å². The summed E-state index contributed by atoms with van der Waals surface area (Å²) in [6.45, 7) is 4.10. The van der Waals surface area contributed by atoms with E-state index in [0.29, 0.717) is 10.6 Å². The summed E-state index contributed by atoms with van der Waals surface area (Å²) < 4.78 is 0. The number of hydrogen-bond donors (Lipinski definition) is 2. The summed E-state index contributed by atoms with van der Waals surface area (Å²) in [5.41, 5.74) is 2.87. The molecule has 0 aliphatic heterocycles. The number of rotatable bonds is 7. The highest BCUT2D eigenvalue weighted by atomic mass is 32.2. The molecule has 1 aromatic heterocycles. The lowest BCUT2D eigenvalue weighted by Crippen LogP contribution is -2.10. The number of aliphatic carboxylic acids is 1. The molecule has 0 bridgehead atoms. The third-order valence-corrected chi connectivity index (χ3v) is 5.61. The Morgan fingerprint density at radius 1 is 1.30 bits per heavy atom. The van der Waals surface area contributed by atoms with Crippen LogP contribution in [0.4, 0.5) is 5.69 Å². The van der Waals surface area contributed by atoms with Gasteiger partial charge in [0.25, 0.3) is 5.91 Å². The Labute approximate surface area is 143 Å². The number of thiophene rings is 1. The van der Waals surface area contributed by atoms with Crippen LogP contribution in [0.25, 0.3) is 0 Å². The molecule has 1 heterocycles. The Kier molecular flexibility index (Phi) is 6.24. The molecule has 0 saturated heterocycles. The normalized spacial score (nSPS) is 10.5. The van der Waals surface area contributed by atoms with Gasteiger partial charge in [-0.05, 0) is 42.7 Å². The first-order chi connectivity index (χ1) is 11.0. The smallest absolute Gasteiger partial charge is 0.313 e. The topological polar surface area (TPSA) is 66.4 Å². The molecular weight excluding hydrogens is 330 g/mol. The molecule has 1 aromatic carbocycles. The van der Waals surface area contributed by atoms with Crippen molar-refractivity contribution in [2.45, 2.75) is 26.0 Å². The molecule has 23 heavy (non-hydrogen) atoms. The van der Waals surface area contributed by atoms with Gasteiger partial charge in [-0.15, -0.1) is 23.1 Å². The monoisotopic (exact) mass is 349 g/mol. The van der Waals surface area contributed by atoms with Crippen molar-refractivity contribution in [3.8, 4) is 0 Å². The molecule has 122 valence electrons. The maximum absolute atomic E-state index is 12.3. The Bertz CT molecular complexity index is 710. The fourth-order valence-electron chi connectivity index (χ4n) is 2.17. The minimum absolute atomic E-state index is 0.0743. The van der Waals surface area contributed by atoms with Crippen LogP contribution < -0.4 is 5.32 Å². The number of thioether (sulfide) groups is 1. The largest absolute Gasteiger partial charge is 0.481 e. The van der Waals surface area contributed by atoms with Gasteiger partial charge in [-0.25, -0.2) is 0 Å². The number of nitrogens with one attached hydrogen (secondary N) is 1. The van der Waals surface area contributed by atoms with Crippen LogP contribution in [0.15, 0.2) is 30.3 Å². The van der Waals surface area contributed by atoms with E-state index in [0.717, 1.165) is 23.2 Å². The second-order valence-corrected chi connectivity index (χ2v) is 7.23. The summed E-state index contributed by atoms with van der Waals surface area (Å²) in [7, 11) is 0. The van der Waals surface area contributed by atoms with Crippen LogP contribution in [-0.2, 0) is 17.0 Å². The molecule has 2 rings (SSSR count). The third-order valence-electron chi connectivity index (χ3n) is 3.24. The van der Waals surface area contributed by atoms with E-state index in [2.05, 4.69) is 12.2 Å². The van der Waals surface area contributed by atoms with Crippen molar-refractivity contribution in [1.29, 1.82) is 0 Å². The van der Waals surface area contributed by atoms with Gasteiger partial charge in [0.1, 0.15) is 0 Å². The van der Waals surface area contributed by atoms with Crippen LogP contribution in [0, 0.1) is 6.92 Å². The number of anilines is 1. The summed E-state index contributed by atoms with van der Waals surface area (Å²) in [4.78, 5) is 24.8. The molecular formula is C17H19NO3S2. The number of carboxylic acids is 1. The fraction of sp³-hybridized carbons (Fsp3) is 0.294. The van der Waals surface area contributed by atoms with Gasteiger partial charge in [-0.2, -0.15) is 0 Å². The van der Waals surface area contributed by atoms with Gasteiger partial charge in [-0.3, -0.25) is 9.59 Å². The summed E-state index contributed by atoms with van der Waals surface area (Å²) in [6.07, 6.45) is 0.931. The molecule has 0 unspecified atom stereocenters. The molecule has 6 heteroatoms. The van der Waals surface area contributed by atoms with Gasteiger partial charge in [-0.1, -0.05) is 19.1 Å². The zero-order valence-electron chi connectivity index (χ0n) is 13.1. The van der Waals surface area contributed by atoms with E-state index in [1.54, 1.807) is 0 Å². The quantitative estimate of drug-likeness (QED) is 0.786. The summed E-state index contributed by atoms with van der Waals surface area (Å²) >= 11 is 2.86. The highest BCUT2D eigenvalue weighted by Crippen LogP contribution is 2.24. The lowest BCUT2D eigenvalue weighted by atomic mass is 10.2. The summed E-state index contributed by atoms with van der Waals surface area (Å²) in [6, 6.07) is 9.43. The average molecular weight is 349 g/mol. The van der Waals surface area contributed by atoms with Crippen molar-refractivity contribution in [2.75, 3.05) is 11.1 Å². The van der Waals surface area contributed by atoms with Gasteiger partial charge in [0, 0.05) is 16.3 Å². The lowest BCUT2D eigenvalue weighted by Gasteiger charge is -2.06. The Morgan fingerprint density at radius 2 is 2.09 bits per heavy atom. The second kappa shape index (κ2) is 8.17. The Balaban J connectivity index is 2.01. The molecule has 0 fully saturated rings. The van der Waals surface area contributed by atoms with E-state index in [4.69, 9.17) is 5.11 Å². The van der Waals surface area contributed by atoms with Gasteiger partial charge < -0.3 is 10.4 Å². The van der Waals surface area contributed by atoms with Crippen LogP contribution in [-0.4, -0.2) is 22.7 Å². The molecule has 2 N–H and O–H groups in total. The van der Waals surface area contributed by atoms with Crippen LogP contribution in [0.5, 0.6) is 0 Å². The number of carbonyl (C=O) groups is 2. The maximum atomic E-state index is 12.3. The minimum Gasteiger partial charge on any atom is -0.481 e. The van der Waals surface area contributed by atoms with E-state index < -0.39 is 5.97 Å². The number of aryl methyl sites for hydroxylation is 2. The van der Waals surface area contributed by atoms with Gasteiger partial charge >= 0.3 is 5.97 Å². The van der Waals surface area contributed by atoms with Crippen molar-refractivity contribution in [2.24, 2.45) is 0 Å². The molecule has 0 aliphatic carbocycles. The summed E-state index contributed by atoms with van der Waals surface area (Å²) in [5, 5.41) is 11.6.